The molecule has 0 fully saturated rings. The first kappa shape index (κ1) is 12.8. The van der Waals surface area contributed by atoms with E-state index in [1.54, 1.807) is 23.6 Å². The molecule has 2 aromatic carbocycles. The second-order valence-corrected chi connectivity index (χ2v) is 4.77. The summed E-state index contributed by atoms with van der Waals surface area (Å²) in [6, 6.07) is 14.4. The van der Waals surface area contributed by atoms with Crippen molar-refractivity contribution in [1.29, 1.82) is 0 Å². The number of rotatable bonds is 2. The van der Waals surface area contributed by atoms with Gasteiger partial charge in [-0.15, -0.1) is 10.2 Å². The van der Waals surface area contributed by atoms with E-state index < -0.39 is 0 Å². The van der Waals surface area contributed by atoms with Gasteiger partial charge in [0.1, 0.15) is 5.82 Å². The van der Waals surface area contributed by atoms with Gasteiger partial charge in [-0.1, -0.05) is 36.4 Å². The average molecular weight is 288 g/mol. The predicted octanol–water partition coefficient (Wildman–Crippen LogP) is 4.04. The first-order chi connectivity index (χ1) is 9.66. The lowest BCUT2D eigenvalue weighted by atomic mass is 10.2. The Kier molecular flexibility index (Phi) is 3.24. The molecule has 20 heavy (non-hydrogen) atoms. The van der Waals surface area contributed by atoms with Gasteiger partial charge >= 0.3 is 0 Å². The van der Waals surface area contributed by atoms with Crippen molar-refractivity contribution in [3.63, 3.8) is 0 Å². The summed E-state index contributed by atoms with van der Waals surface area (Å²) in [6.45, 7) is 1.71. The number of hydrogen-bond donors (Lipinski definition) is 0. The summed E-state index contributed by atoms with van der Waals surface area (Å²) < 4.78 is 15.4. The molecule has 0 N–H and O–H groups in total. The monoisotopic (exact) mass is 287 g/mol. The molecule has 0 aliphatic carbocycles. The number of aromatic nitrogens is 3. The highest BCUT2D eigenvalue weighted by Crippen LogP contribution is 2.25. The van der Waals surface area contributed by atoms with Crippen LogP contribution in [0.25, 0.3) is 17.1 Å². The van der Waals surface area contributed by atoms with Crippen LogP contribution in [0.3, 0.4) is 0 Å². The van der Waals surface area contributed by atoms with E-state index in [1.807, 2.05) is 30.3 Å². The lowest BCUT2D eigenvalue weighted by Gasteiger charge is -2.08. The van der Waals surface area contributed by atoms with Crippen molar-refractivity contribution in [3.8, 4) is 17.1 Å². The molecule has 1 heterocycles. The average Bonchev–Trinajstić information content (AvgIpc) is 2.85. The second-order valence-electron chi connectivity index (χ2n) is 4.43. The molecule has 5 heteroatoms. The van der Waals surface area contributed by atoms with Crippen LogP contribution in [-0.2, 0) is 0 Å². The molecule has 0 atom stereocenters. The van der Waals surface area contributed by atoms with E-state index in [4.69, 9.17) is 11.6 Å². The summed E-state index contributed by atoms with van der Waals surface area (Å²) in [5, 5.41) is 8.15. The molecule has 0 aliphatic heterocycles. The van der Waals surface area contributed by atoms with Gasteiger partial charge in [-0.25, -0.2) is 4.39 Å². The Labute approximate surface area is 120 Å². The molecule has 0 saturated heterocycles. The Bertz CT molecular complexity index is 753. The Hall–Kier alpha value is -2.20. The Balaban J connectivity index is 2.19. The summed E-state index contributed by atoms with van der Waals surface area (Å²) >= 11 is 6.09. The van der Waals surface area contributed by atoms with Gasteiger partial charge in [-0.2, -0.15) is 0 Å². The van der Waals surface area contributed by atoms with Crippen molar-refractivity contribution >= 4 is 11.6 Å². The molecule has 0 aliphatic rings. The van der Waals surface area contributed by atoms with E-state index in [0.717, 1.165) is 5.56 Å². The normalized spacial score (nSPS) is 10.8. The van der Waals surface area contributed by atoms with Crippen LogP contribution in [0.1, 0.15) is 5.56 Å². The minimum atomic E-state index is -0.286. The first-order valence-electron chi connectivity index (χ1n) is 6.09. The van der Waals surface area contributed by atoms with E-state index in [-0.39, 0.29) is 11.1 Å². The topological polar surface area (TPSA) is 30.7 Å². The lowest BCUT2D eigenvalue weighted by Crippen LogP contribution is -1.99. The highest BCUT2D eigenvalue weighted by Gasteiger charge is 2.14. The summed E-state index contributed by atoms with van der Waals surface area (Å²) in [5.41, 5.74) is 2.05. The van der Waals surface area contributed by atoms with E-state index in [0.29, 0.717) is 17.1 Å². The summed E-state index contributed by atoms with van der Waals surface area (Å²) in [6.07, 6.45) is 0. The minimum Gasteiger partial charge on any atom is -0.266 e. The number of halogens is 2. The van der Waals surface area contributed by atoms with Gasteiger partial charge in [0.25, 0.3) is 0 Å². The molecule has 0 spiro atoms. The van der Waals surface area contributed by atoms with Crippen LogP contribution in [0.2, 0.25) is 5.28 Å². The molecular formula is C15H11ClFN3. The second kappa shape index (κ2) is 5.06. The van der Waals surface area contributed by atoms with Crippen molar-refractivity contribution in [2.75, 3.05) is 0 Å². The zero-order chi connectivity index (χ0) is 14.1. The maximum atomic E-state index is 13.7. The minimum absolute atomic E-state index is 0.201. The highest BCUT2D eigenvalue weighted by atomic mass is 35.5. The predicted molar refractivity (Wildman–Crippen MR) is 76.5 cm³/mol. The van der Waals surface area contributed by atoms with Gasteiger partial charge in [0.2, 0.25) is 5.28 Å². The fourth-order valence-corrected chi connectivity index (χ4v) is 2.20. The van der Waals surface area contributed by atoms with E-state index in [1.165, 1.54) is 6.07 Å². The molecule has 0 radical (unpaired) electrons. The first-order valence-corrected chi connectivity index (χ1v) is 6.47. The summed E-state index contributed by atoms with van der Waals surface area (Å²) in [5.74, 6) is 0.296. The molecular weight excluding hydrogens is 277 g/mol. The molecule has 0 amide bonds. The highest BCUT2D eigenvalue weighted by molar-refractivity contribution is 6.28. The Morgan fingerprint density at radius 2 is 1.80 bits per heavy atom. The van der Waals surface area contributed by atoms with Gasteiger partial charge < -0.3 is 0 Å². The van der Waals surface area contributed by atoms with Gasteiger partial charge in [-0.05, 0) is 36.2 Å². The smallest absolute Gasteiger partial charge is 0.229 e. The molecule has 3 nitrogen and oxygen atoms in total. The fraction of sp³-hybridized carbons (Fsp3) is 0.0667. The van der Waals surface area contributed by atoms with E-state index in [2.05, 4.69) is 10.2 Å². The summed E-state index contributed by atoms with van der Waals surface area (Å²) in [4.78, 5) is 0. The van der Waals surface area contributed by atoms with Crippen LogP contribution in [0.4, 0.5) is 4.39 Å². The van der Waals surface area contributed by atoms with Gasteiger partial charge in [0.15, 0.2) is 5.82 Å². The molecule has 3 aromatic rings. The molecule has 0 saturated carbocycles. The third-order valence-corrected chi connectivity index (χ3v) is 3.31. The zero-order valence-corrected chi connectivity index (χ0v) is 11.5. The van der Waals surface area contributed by atoms with Crippen molar-refractivity contribution in [2.24, 2.45) is 0 Å². The number of benzene rings is 2. The number of nitrogens with zero attached hydrogens (tertiary/aromatic N) is 3. The number of hydrogen-bond acceptors (Lipinski definition) is 2. The number of aryl methyl sites for hydroxylation is 1. The van der Waals surface area contributed by atoms with Crippen LogP contribution in [-0.4, -0.2) is 14.8 Å². The summed E-state index contributed by atoms with van der Waals surface area (Å²) in [7, 11) is 0. The van der Waals surface area contributed by atoms with Crippen LogP contribution in [0, 0.1) is 12.7 Å². The fourth-order valence-electron chi connectivity index (χ4n) is 1.99. The van der Waals surface area contributed by atoms with Crippen molar-refractivity contribution in [3.05, 3.63) is 65.2 Å². The molecule has 1 aromatic heterocycles. The van der Waals surface area contributed by atoms with Crippen LogP contribution in [0.5, 0.6) is 0 Å². The Morgan fingerprint density at radius 3 is 2.50 bits per heavy atom. The maximum absolute atomic E-state index is 13.7. The van der Waals surface area contributed by atoms with Crippen LogP contribution in [0.15, 0.2) is 48.5 Å². The van der Waals surface area contributed by atoms with Crippen molar-refractivity contribution in [1.82, 2.24) is 14.8 Å². The van der Waals surface area contributed by atoms with E-state index in [9.17, 15) is 4.39 Å². The lowest BCUT2D eigenvalue weighted by molar-refractivity contribution is 0.617. The zero-order valence-electron chi connectivity index (χ0n) is 10.7. The quantitative estimate of drug-likeness (QED) is 0.712. The third-order valence-electron chi connectivity index (χ3n) is 3.07. The van der Waals surface area contributed by atoms with Gasteiger partial charge in [-0.3, -0.25) is 4.57 Å². The molecule has 100 valence electrons. The van der Waals surface area contributed by atoms with E-state index >= 15 is 0 Å². The third kappa shape index (κ3) is 2.18. The van der Waals surface area contributed by atoms with Gasteiger partial charge in [0.05, 0.1) is 5.69 Å². The van der Waals surface area contributed by atoms with Crippen LogP contribution < -0.4 is 0 Å². The molecule has 0 unspecified atom stereocenters. The van der Waals surface area contributed by atoms with Crippen LogP contribution >= 0.6 is 11.6 Å². The van der Waals surface area contributed by atoms with Crippen molar-refractivity contribution in [2.45, 2.75) is 6.92 Å². The largest absolute Gasteiger partial charge is 0.266 e. The Morgan fingerprint density at radius 1 is 1.05 bits per heavy atom. The molecule has 3 rings (SSSR count). The molecule has 0 bridgehead atoms. The van der Waals surface area contributed by atoms with Gasteiger partial charge in [0, 0.05) is 5.56 Å². The standard InChI is InChI=1S/C15H11ClFN3/c1-10-7-8-12(9-13(10)17)20-14(18-19-15(20)16)11-5-3-2-4-6-11/h2-9H,1H3. The van der Waals surface area contributed by atoms with Crippen molar-refractivity contribution < 1.29 is 4.39 Å². The maximum Gasteiger partial charge on any atom is 0.229 e. The SMILES string of the molecule is Cc1ccc(-n2c(Cl)nnc2-c2ccccc2)cc1F.